The monoisotopic (exact) mass is 475 g/mol. The van der Waals surface area contributed by atoms with Crippen molar-refractivity contribution in [2.24, 2.45) is 7.05 Å². The van der Waals surface area contributed by atoms with Gasteiger partial charge in [0.15, 0.2) is 20.7 Å². The van der Waals surface area contributed by atoms with Crippen LogP contribution in [0.2, 0.25) is 0 Å². The van der Waals surface area contributed by atoms with E-state index in [1.807, 2.05) is 0 Å². The highest BCUT2D eigenvalue weighted by Crippen LogP contribution is 2.40. The number of terminal acetylenes is 1. The number of nitrogens with zero attached hydrogens (tertiary/aromatic N) is 5. The Morgan fingerprint density at radius 2 is 1.91 bits per heavy atom. The maximum absolute atomic E-state index is 13.7. The zero-order valence-corrected chi connectivity index (χ0v) is 19.0. The van der Waals surface area contributed by atoms with Gasteiger partial charge in [-0.25, -0.2) is 18.1 Å². The lowest BCUT2D eigenvalue weighted by Crippen LogP contribution is -2.23. The molecule has 0 aliphatic rings. The summed E-state index contributed by atoms with van der Waals surface area (Å²) in [5.74, 6) is 2.42. The van der Waals surface area contributed by atoms with Gasteiger partial charge in [-0.1, -0.05) is 30.2 Å². The van der Waals surface area contributed by atoms with Crippen LogP contribution in [0, 0.1) is 12.3 Å². The van der Waals surface area contributed by atoms with Gasteiger partial charge in [-0.2, -0.15) is 5.10 Å². The fourth-order valence-electron chi connectivity index (χ4n) is 3.81. The topological polar surface area (TPSA) is 99.7 Å². The van der Waals surface area contributed by atoms with Crippen LogP contribution in [0.1, 0.15) is 16.0 Å². The molecule has 0 amide bonds. The number of hydrogen-bond acceptors (Lipinski definition) is 7. The zero-order chi connectivity index (χ0) is 23.2. The van der Waals surface area contributed by atoms with E-state index in [9.17, 15) is 13.2 Å². The molecule has 1 atom stereocenters. The summed E-state index contributed by atoms with van der Waals surface area (Å²) in [6, 6.07) is 13.4. The van der Waals surface area contributed by atoms with E-state index in [2.05, 4.69) is 21.0 Å². The van der Waals surface area contributed by atoms with Crippen LogP contribution in [0.3, 0.4) is 0 Å². The van der Waals surface area contributed by atoms with Crippen LogP contribution in [-0.2, 0) is 23.4 Å². The summed E-state index contributed by atoms with van der Waals surface area (Å²) in [5.41, 5.74) is 0.976. The molecule has 0 N–H and O–H groups in total. The van der Waals surface area contributed by atoms with Gasteiger partial charge in [-0.05, 0) is 24.3 Å². The molecule has 33 heavy (non-hydrogen) atoms. The number of aryl methyl sites for hydroxylation is 1. The molecule has 5 rings (SSSR count). The summed E-state index contributed by atoms with van der Waals surface area (Å²) in [6.07, 6.45) is 8.46. The average Bonchev–Trinajstić information content (AvgIpc) is 3.36. The molecule has 8 nitrogen and oxygen atoms in total. The van der Waals surface area contributed by atoms with Crippen LogP contribution >= 0.6 is 11.3 Å². The average molecular weight is 476 g/mol. The number of rotatable bonds is 5. The van der Waals surface area contributed by atoms with E-state index in [1.54, 1.807) is 72.5 Å². The van der Waals surface area contributed by atoms with E-state index in [4.69, 9.17) is 6.42 Å². The van der Waals surface area contributed by atoms with Crippen molar-refractivity contribution in [2.75, 3.05) is 0 Å². The fraction of sp³-hybridized carbons (Fsp3) is 0.130. The quantitative estimate of drug-likeness (QED) is 0.363. The van der Waals surface area contributed by atoms with Gasteiger partial charge in [-0.3, -0.25) is 9.78 Å². The molecule has 0 bridgehead atoms. The van der Waals surface area contributed by atoms with Gasteiger partial charge in [-0.15, -0.1) is 17.8 Å². The third-order valence-corrected chi connectivity index (χ3v) is 8.65. The highest BCUT2D eigenvalue weighted by atomic mass is 32.2. The van der Waals surface area contributed by atoms with E-state index in [0.717, 1.165) is 0 Å². The Morgan fingerprint density at radius 3 is 2.61 bits per heavy atom. The van der Waals surface area contributed by atoms with Gasteiger partial charge in [0.05, 0.1) is 21.5 Å². The van der Waals surface area contributed by atoms with Crippen molar-refractivity contribution < 1.29 is 8.42 Å². The Morgan fingerprint density at radius 1 is 1.15 bits per heavy atom. The number of hydrogen-bond donors (Lipinski definition) is 0. The summed E-state index contributed by atoms with van der Waals surface area (Å²) in [7, 11) is -2.13. The van der Waals surface area contributed by atoms with Gasteiger partial charge in [0.2, 0.25) is 0 Å². The molecule has 4 aromatic heterocycles. The van der Waals surface area contributed by atoms with E-state index >= 15 is 0 Å². The van der Waals surface area contributed by atoms with Crippen molar-refractivity contribution in [3.05, 3.63) is 82.0 Å². The van der Waals surface area contributed by atoms with Crippen molar-refractivity contribution in [3.8, 4) is 12.3 Å². The van der Waals surface area contributed by atoms with Crippen LogP contribution in [0.25, 0.3) is 21.3 Å². The number of pyridine rings is 1. The largest absolute Gasteiger partial charge is 0.323 e. The molecule has 0 fully saturated rings. The molecule has 0 saturated heterocycles. The van der Waals surface area contributed by atoms with Crippen molar-refractivity contribution in [3.63, 3.8) is 0 Å². The first-order chi connectivity index (χ1) is 15.9. The molecule has 5 aromatic rings. The van der Waals surface area contributed by atoms with E-state index < -0.39 is 15.1 Å². The Hall–Kier alpha value is -3.81. The minimum absolute atomic E-state index is 0.0589. The number of aromatic nitrogens is 5. The second-order valence-electron chi connectivity index (χ2n) is 7.33. The molecule has 10 heteroatoms. The van der Waals surface area contributed by atoms with Crippen LogP contribution in [-0.4, -0.2) is 32.7 Å². The maximum atomic E-state index is 13.7. The van der Waals surface area contributed by atoms with Gasteiger partial charge in [0, 0.05) is 18.6 Å². The third kappa shape index (κ3) is 3.33. The Bertz CT molecular complexity index is 1700. The van der Waals surface area contributed by atoms with Gasteiger partial charge in [0.1, 0.15) is 17.1 Å². The Labute approximate surface area is 193 Å². The molecule has 0 saturated carbocycles. The van der Waals surface area contributed by atoms with Crippen molar-refractivity contribution >= 4 is 42.4 Å². The standard InChI is InChI=1S/C23H17N5O3S2/c1-3-13-28-23(29)18-16(14-25-28)19-21(27(18)2)26-22(32-19)20(17-11-7-8-12-24-17)33(30,31)15-9-5-4-6-10-15/h1,4-12,14,20H,13H2,2H3. The third-order valence-electron chi connectivity index (χ3n) is 5.35. The minimum atomic E-state index is -3.85. The van der Waals surface area contributed by atoms with E-state index in [0.29, 0.717) is 32.0 Å². The molecule has 0 aliphatic heterocycles. The Kier molecular flexibility index (Phi) is 5.08. The lowest BCUT2D eigenvalue weighted by Gasteiger charge is -2.15. The molecule has 1 unspecified atom stereocenters. The first-order valence-corrected chi connectivity index (χ1v) is 12.3. The molecule has 0 radical (unpaired) electrons. The normalized spacial score (nSPS) is 12.7. The van der Waals surface area contributed by atoms with Crippen LogP contribution < -0.4 is 5.56 Å². The number of thiazole rings is 1. The molecule has 164 valence electrons. The lowest BCUT2D eigenvalue weighted by molar-refractivity contribution is 0.588. The Balaban J connectivity index is 1.76. The maximum Gasteiger partial charge on any atom is 0.292 e. The summed E-state index contributed by atoms with van der Waals surface area (Å²) in [6.45, 7) is 0.0589. The van der Waals surface area contributed by atoms with E-state index in [-0.39, 0.29) is 17.0 Å². The highest BCUT2D eigenvalue weighted by Gasteiger charge is 2.35. The predicted molar refractivity (Wildman–Crippen MR) is 127 cm³/mol. The molecular weight excluding hydrogens is 458 g/mol. The molecule has 1 aromatic carbocycles. The highest BCUT2D eigenvalue weighted by molar-refractivity contribution is 7.92. The van der Waals surface area contributed by atoms with Crippen LogP contribution in [0.5, 0.6) is 0 Å². The molecule has 0 aliphatic carbocycles. The minimum Gasteiger partial charge on any atom is -0.323 e. The molecule has 4 heterocycles. The molecular formula is C23H17N5O3S2. The van der Waals surface area contributed by atoms with Gasteiger partial charge < -0.3 is 4.57 Å². The summed E-state index contributed by atoms with van der Waals surface area (Å²) >= 11 is 1.22. The second-order valence-corrected chi connectivity index (χ2v) is 10.4. The van der Waals surface area contributed by atoms with Gasteiger partial charge >= 0.3 is 0 Å². The second kappa shape index (κ2) is 7.95. The smallest absolute Gasteiger partial charge is 0.292 e. The molecule has 0 spiro atoms. The summed E-state index contributed by atoms with van der Waals surface area (Å²) < 4.78 is 30.9. The number of sulfone groups is 1. The van der Waals surface area contributed by atoms with Gasteiger partial charge in [0.25, 0.3) is 5.56 Å². The summed E-state index contributed by atoms with van der Waals surface area (Å²) in [5, 5.41) is 4.04. The van der Waals surface area contributed by atoms with Crippen LogP contribution in [0.15, 0.2) is 70.6 Å². The van der Waals surface area contributed by atoms with Crippen LogP contribution in [0.4, 0.5) is 0 Å². The number of benzene rings is 1. The first-order valence-electron chi connectivity index (χ1n) is 9.91. The predicted octanol–water partition coefficient (Wildman–Crippen LogP) is 2.94. The lowest BCUT2D eigenvalue weighted by atomic mass is 10.3. The fourth-order valence-corrected chi connectivity index (χ4v) is 7.02. The zero-order valence-electron chi connectivity index (χ0n) is 17.4. The SMILES string of the molecule is C#CCn1ncc2c3sc(C(c4ccccn4)S(=O)(=O)c4ccccc4)nc3n(C)c2c1=O. The first kappa shape index (κ1) is 21.1. The number of fused-ring (bicyclic) bond motifs is 3. The van der Waals surface area contributed by atoms with Crippen molar-refractivity contribution in [2.45, 2.75) is 16.7 Å². The summed E-state index contributed by atoms with van der Waals surface area (Å²) in [4.78, 5) is 22.0. The van der Waals surface area contributed by atoms with E-state index in [1.165, 1.54) is 16.0 Å². The van der Waals surface area contributed by atoms with Crippen molar-refractivity contribution in [1.82, 2.24) is 24.3 Å². The van der Waals surface area contributed by atoms with Crippen molar-refractivity contribution in [1.29, 1.82) is 0 Å².